The van der Waals surface area contributed by atoms with Gasteiger partial charge in [-0.2, -0.15) is 0 Å². The highest BCUT2D eigenvalue weighted by molar-refractivity contribution is 5.20. The van der Waals surface area contributed by atoms with E-state index in [9.17, 15) is 0 Å². The van der Waals surface area contributed by atoms with Gasteiger partial charge in [0.05, 0.1) is 0 Å². The molecule has 0 radical (unpaired) electrons. The van der Waals surface area contributed by atoms with Crippen LogP contribution in [0.25, 0.3) is 0 Å². The molecule has 0 atom stereocenters. The smallest absolute Gasteiger partial charge is 0.0144 e. The molecule has 2 nitrogen and oxygen atoms in total. The first kappa shape index (κ1) is 17.2. The number of allylic oxidation sites excluding steroid dienone is 4. The summed E-state index contributed by atoms with van der Waals surface area (Å²) in [6.45, 7) is 17.8. The third kappa shape index (κ3) is 6.06. The normalized spacial score (nSPS) is 22.5. The van der Waals surface area contributed by atoms with Gasteiger partial charge in [0.1, 0.15) is 0 Å². The summed E-state index contributed by atoms with van der Waals surface area (Å²) in [5.74, 6) is 0. The maximum absolute atomic E-state index is 3.84. The minimum atomic E-state index is 0.217. The molecule has 2 heteroatoms. The average molecular weight is 276 g/mol. The van der Waals surface area contributed by atoms with Gasteiger partial charge < -0.3 is 10.6 Å². The summed E-state index contributed by atoms with van der Waals surface area (Å²) < 4.78 is 0. The SMILES string of the molecule is C=C/C=C(\C=C)CCCNC1CC(C)(C)NC(C)(C)C1. The number of hydrogen-bond donors (Lipinski definition) is 2. The standard InChI is InChI=1S/C18H32N2/c1-7-10-15(8-2)11-9-12-19-16-13-17(3,4)20-18(5,6)14-16/h7-8,10,16,19-20H,1-2,9,11-14H2,3-6H3/b15-10+. The van der Waals surface area contributed by atoms with E-state index in [-0.39, 0.29) is 11.1 Å². The van der Waals surface area contributed by atoms with E-state index in [2.05, 4.69) is 51.5 Å². The molecule has 0 spiro atoms. The van der Waals surface area contributed by atoms with Crippen molar-refractivity contribution in [3.63, 3.8) is 0 Å². The lowest BCUT2D eigenvalue weighted by molar-refractivity contribution is 0.146. The fourth-order valence-electron chi connectivity index (χ4n) is 3.47. The first-order valence-corrected chi connectivity index (χ1v) is 7.75. The topological polar surface area (TPSA) is 24.1 Å². The molecule has 1 rings (SSSR count). The second kappa shape index (κ2) is 7.24. The van der Waals surface area contributed by atoms with Crippen LogP contribution in [0, 0.1) is 0 Å². The van der Waals surface area contributed by atoms with Crippen LogP contribution in [0.2, 0.25) is 0 Å². The Balaban J connectivity index is 2.36. The minimum Gasteiger partial charge on any atom is -0.314 e. The maximum atomic E-state index is 3.84. The number of rotatable bonds is 7. The molecule has 0 amide bonds. The van der Waals surface area contributed by atoms with Crippen LogP contribution in [0.1, 0.15) is 53.4 Å². The minimum absolute atomic E-state index is 0.217. The Kier molecular flexibility index (Phi) is 6.22. The molecular formula is C18H32N2. The zero-order valence-electron chi connectivity index (χ0n) is 13.8. The van der Waals surface area contributed by atoms with E-state index in [1.165, 1.54) is 18.4 Å². The highest BCUT2D eigenvalue weighted by atomic mass is 15.1. The van der Waals surface area contributed by atoms with Crippen molar-refractivity contribution < 1.29 is 0 Å². The largest absolute Gasteiger partial charge is 0.314 e. The van der Waals surface area contributed by atoms with Gasteiger partial charge >= 0.3 is 0 Å². The Labute approximate surface area is 125 Å². The van der Waals surface area contributed by atoms with Gasteiger partial charge in [0.15, 0.2) is 0 Å². The molecule has 0 aromatic rings. The van der Waals surface area contributed by atoms with Crippen LogP contribution in [0.4, 0.5) is 0 Å². The van der Waals surface area contributed by atoms with Crippen molar-refractivity contribution in [3.05, 3.63) is 37.0 Å². The van der Waals surface area contributed by atoms with Crippen molar-refractivity contribution >= 4 is 0 Å². The van der Waals surface area contributed by atoms with E-state index in [1.807, 2.05) is 18.2 Å². The summed E-state index contributed by atoms with van der Waals surface area (Å²) in [5, 5.41) is 7.45. The molecule has 1 saturated heterocycles. The molecule has 0 unspecified atom stereocenters. The molecule has 1 heterocycles. The predicted octanol–water partition coefficient (Wildman–Crippen LogP) is 3.96. The summed E-state index contributed by atoms with van der Waals surface area (Å²) in [6.07, 6.45) is 10.4. The molecule has 20 heavy (non-hydrogen) atoms. The molecule has 0 bridgehead atoms. The molecular weight excluding hydrogens is 244 g/mol. The van der Waals surface area contributed by atoms with Gasteiger partial charge in [-0.25, -0.2) is 0 Å². The lowest BCUT2D eigenvalue weighted by Gasteiger charge is -2.46. The third-order valence-corrected chi connectivity index (χ3v) is 3.86. The van der Waals surface area contributed by atoms with Crippen LogP contribution in [0.15, 0.2) is 37.0 Å². The van der Waals surface area contributed by atoms with E-state index >= 15 is 0 Å². The van der Waals surface area contributed by atoms with Crippen LogP contribution in [0.5, 0.6) is 0 Å². The molecule has 2 N–H and O–H groups in total. The van der Waals surface area contributed by atoms with Crippen LogP contribution >= 0.6 is 0 Å². The Bertz CT molecular complexity index is 348. The fraction of sp³-hybridized carbons (Fsp3) is 0.667. The third-order valence-electron chi connectivity index (χ3n) is 3.86. The van der Waals surface area contributed by atoms with Crippen LogP contribution < -0.4 is 10.6 Å². The maximum Gasteiger partial charge on any atom is 0.0144 e. The first-order chi connectivity index (χ1) is 9.28. The van der Waals surface area contributed by atoms with E-state index < -0.39 is 0 Å². The molecule has 114 valence electrons. The summed E-state index contributed by atoms with van der Waals surface area (Å²) in [7, 11) is 0. The van der Waals surface area contributed by atoms with Crippen LogP contribution in [0.3, 0.4) is 0 Å². The zero-order valence-corrected chi connectivity index (χ0v) is 13.8. The van der Waals surface area contributed by atoms with Crippen LogP contribution in [-0.2, 0) is 0 Å². The second-order valence-corrected chi connectivity index (χ2v) is 7.24. The van der Waals surface area contributed by atoms with Gasteiger partial charge in [0.2, 0.25) is 0 Å². The molecule has 1 aliphatic rings. The summed E-state index contributed by atoms with van der Waals surface area (Å²) in [6, 6.07) is 0.608. The summed E-state index contributed by atoms with van der Waals surface area (Å²) in [5.41, 5.74) is 1.70. The van der Waals surface area contributed by atoms with Crippen LogP contribution in [-0.4, -0.2) is 23.7 Å². The molecule has 0 saturated carbocycles. The molecule has 1 aliphatic heterocycles. The van der Waals surface area contributed by atoms with Crippen molar-refractivity contribution in [1.29, 1.82) is 0 Å². The first-order valence-electron chi connectivity index (χ1n) is 7.75. The average Bonchev–Trinajstić information content (AvgIpc) is 2.29. The highest BCUT2D eigenvalue weighted by Crippen LogP contribution is 2.28. The van der Waals surface area contributed by atoms with Gasteiger partial charge in [-0.05, 0) is 65.5 Å². The number of piperidine rings is 1. The Morgan fingerprint density at radius 2 is 1.80 bits per heavy atom. The van der Waals surface area contributed by atoms with Gasteiger partial charge in [0, 0.05) is 17.1 Å². The summed E-state index contributed by atoms with van der Waals surface area (Å²) >= 11 is 0. The summed E-state index contributed by atoms with van der Waals surface area (Å²) in [4.78, 5) is 0. The monoisotopic (exact) mass is 276 g/mol. The molecule has 0 aliphatic carbocycles. The lowest BCUT2D eigenvalue weighted by Crippen LogP contribution is -2.61. The predicted molar refractivity (Wildman–Crippen MR) is 90.0 cm³/mol. The Hall–Kier alpha value is -0.860. The van der Waals surface area contributed by atoms with E-state index in [1.54, 1.807) is 0 Å². The fourth-order valence-corrected chi connectivity index (χ4v) is 3.47. The number of nitrogens with one attached hydrogen (secondary N) is 2. The van der Waals surface area contributed by atoms with E-state index in [4.69, 9.17) is 0 Å². The van der Waals surface area contributed by atoms with E-state index in [0.29, 0.717) is 6.04 Å². The molecule has 0 aromatic carbocycles. The van der Waals surface area contributed by atoms with Gasteiger partial charge in [-0.1, -0.05) is 31.4 Å². The lowest BCUT2D eigenvalue weighted by atomic mass is 9.79. The zero-order chi connectivity index (χ0) is 15.2. The van der Waals surface area contributed by atoms with Crippen molar-refractivity contribution in [2.75, 3.05) is 6.54 Å². The quantitative estimate of drug-likeness (QED) is 0.543. The van der Waals surface area contributed by atoms with E-state index in [0.717, 1.165) is 19.4 Å². The molecule has 1 fully saturated rings. The Morgan fingerprint density at radius 3 is 2.30 bits per heavy atom. The highest BCUT2D eigenvalue weighted by Gasteiger charge is 2.37. The van der Waals surface area contributed by atoms with Gasteiger partial charge in [-0.15, -0.1) is 0 Å². The van der Waals surface area contributed by atoms with Gasteiger partial charge in [0.25, 0.3) is 0 Å². The van der Waals surface area contributed by atoms with Crippen molar-refractivity contribution in [2.24, 2.45) is 0 Å². The second-order valence-electron chi connectivity index (χ2n) is 7.24. The Morgan fingerprint density at radius 1 is 1.20 bits per heavy atom. The van der Waals surface area contributed by atoms with Crippen molar-refractivity contribution in [3.8, 4) is 0 Å². The molecule has 0 aromatic heterocycles. The van der Waals surface area contributed by atoms with Crippen molar-refractivity contribution in [1.82, 2.24) is 10.6 Å². The number of hydrogen-bond acceptors (Lipinski definition) is 2. The van der Waals surface area contributed by atoms with Gasteiger partial charge in [-0.3, -0.25) is 0 Å². The van der Waals surface area contributed by atoms with Crippen molar-refractivity contribution in [2.45, 2.75) is 70.5 Å².